The molecule has 1 saturated carbocycles. The molecular weight excluding hydrogens is 316 g/mol. The maximum Gasteiger partial charge on any atom is 0.254 e. The first-order valence-corrected chi connectivity index (χ1v) is 9.39. The fourth-order valence-corrected chi connectivity index (χ4v) is 4.15. The molecule has 3 heterocycles. The number of anilines is 1. The highest BCUT2D eigenvalue weighted by Crippen LogP contribution is 2.32. The van der Waals surface area contributed by atoms with E-state index in [9.17, 15) is 5.11 Å². The molecule has 7 heteroatoms. The van der Waals surface area contributed by atoms with Gasteiger partial charge < -0.3 is 10.0 Å². The summed E-state index contributed by atoms with van der Waals surface area (Å²) in [5, 5.41) is 15.2. The zero-order chi connectivity index (χ0) is 17.4. The molecule has 0 aromatic carbocycles. The van der Waals surface area contributed by atoms with Crippen molar-refractivity contribution < 1.29 is 5.11 Å². The Morgan fingerprint density at radius 1 is 1.20 bits per heavy atom. The summed E-state index contributed by atoms with van der Waals surface area (Å²) in [6, 6.07) is 2.08. The van der Waals surface area contributed by atoms with Gasteiger partial charge in [-0.15, -0.1) is 0 Å². The lowest BCUT2D eigenvalue weighted by atomic mass is 9.79. The van der Waals surface area contributed by atoms with Gasteiger partial charge in [-0.2, -0.15) is 14.6 Å². The Morgan fingerprint density at radius 2 is 1.92 bits per heavy atom. The molecule has 0 bridgehead atoms. The van der Waals surface area contributed by atoms with Crippen LogP contribution < -0.4 is 4.90 Å². The number of piperazine rings is 1. The minimum absolute atomic E-state index is 0.485. The van der Waals surface area contributed by atoms with Crippen LogP contribution in [-0.2, 0) is 0 Å². The van der Waals surface area contributed by atoms with Crippen LogP contribution in [-0.4, -0.2) is 67.9 Å². The van der Waals surface area contributed by atoms with Crippen molar-refractivity contribution in [3.8, 4) is 0 Å². The van der Waals surface area contributed by atoms with Crippen molar-refractivity contribution in [1.82, 2.24) is 24.5 Å². The quantitative estimate of drug-likeness (QED) is 0.910. The predicted octanol–water partition coefficient (Wildman–Crippen LogP) is 1.50. The summed E-state index contributed by atoms with van der Waals surface area (Å²) >= 11 is 0. The summed E-state index contributed by atoms with van der Waals surface area (Å²) in [6.07, 6.45) is 5.74. The number of β-amino-alcohol motifs (C(OH)–C–C–N with tert-alkyl or cyclic N) is 1. The number of aryl methyl sites for hydroxylation is 1. The summed E-state index contributed by atoms with van der Waals surface area (Å²) < 4.78 is 1.82. The summed E-state index contributed by atoms with van der Waals surface area (Å²) in [7, 11) is 0. The van der Waals surface area contributed by atoms with Crippen molar-refractivity contribution in [3.05, 3.63) is 18.1 Å². The van der Waals surface area contributed by atoms with E-state index in [0.717, 1.165) is 75.8 Å². The van der Waals surface area contributed by atoms with E-state index in [0.29, 0.717) is 5.78 Å². The van der Waals surface area contributed by atoms with Crippen LogP contribution in [0, 0.1) is 12.8 Å². The molecule has 136 valence electrons. The minimum Gasteiger partial charge on any atom is -0.389 e. The number of aliphatic hydroxyl groups is 1. The number of nitrogens with zero attached hydrogens (tertiary/aromatic N) is 6. The third-order valence-electron chi connectivity index (χ3n) is 5.78. The van der Waals surface area contributed by atoms with Crippen molar-refractivity contribution in [2.75, 3.05) is 37.6 Å². The first-order chi connectivity index (χ1) is 12.0. The van der Waals surface area contributed by atoms with Crippen molar-refractivity contribution in [3.63, 3.8) is 0 Å². The lowest BCUT2D eigenvalue weighted by Gasteiger charge is -2.42. The van der Waals surface area contributed by atoms with E-state index >= 15 is 0 Å². The van der Waals surface area contributed by atoms with Crippen molar-refractivity contribution >= 4 is 11.6 Å². The fraction of sp³-hybridized carbons (Fsp3) is 0.722. The molecule has 2 aromatic heterocycles. The molecule has 2 fully saturated rings. The van der Waals surface area contributed by atoms with E-state index in [4.69, 9.17) is 0 Å². The Labute approximate surface area is 148 Å². The highest BCUT2D eigenvalue weighted by molar-refractivity contribution is 5.47. The van der Waals surface area contributed by atoms with Crippen LogP contribution in [0.4, 0.5) is 5.82 Å². The summed E-state index contributed by atoms with van der Waals surface area (Å²) in [4.78, 5) is 13.4. The molecular formula is C18H28N6O. The summed E-state index contributed by atoms with van der Waals surface area (Å²) in [5.41, 5.74) is 0.477. The Kier molecular flexibility index (Phi) is 4.37. The number of aromatic nitrogens is 4. The van der Waals surface area contributed by atoms with Gasteiger partial charge >= 0.3 is 0 Å². The Balaban J connectivity index is 1.40. The normalized spacial score (nSPS) is 28.6. The number of fused-ring (bicyclic) bond motifs is 1. The van der Waals surface area contributed by atoms with Crippen molar-refractivity contribution in [1.29, 1.82) is 0 Å². The monoisotopic (exact) mass is 344 g/mol. The van der Waals surface area contributed by atoms with Gasteiger partial charge in [-0.25, -0.2) is 4.98 Å². The van der Waals surface area contributed by atoms with Crippen molar-refractivity contribution in [2.45, 2.75) is 45.1 Å². The van der Waals surface area contributed by atoms with Crippen LogP contribution >= 0.6 is 0 Å². The smallest absolute Gasteiger partial charge is 0.254 e. The molecule has 4 rings (SSSR count). The number of hydrogen-bond acceptors (Lipinski definition) is 6. The SMILES string of the molecule is Cc1cc(N2CCN(CC3(O)CCC(C)CC3)CC2)n2ncnc2n1. The lowest BCUT2D eigenvalue weighted by Crippen LogP contribution is -2.53. The molecule has 0 amide bonds. The van der Waals surface area contributed by atoms with Crippen LogP contribution in [0.15, 0.2) is 12.4 Å². The Morgan fingerprint density at radius 3 is 2.64 bits per heavy atom. The number of rotatable bonds is 3. The maximum absolute atomic E-state index is 10.9. The molecule has 0 atom stereocenters. The molecule has 0 spiro atoms. The average molecular weight is 344 g/mol. The standard InChI is InChI=1S/C18H28N6O/c1-14-3-5-18(25,6-4-14)12-22-7-9-23(10-8-22)16-11-15(2)21-17-19-13-20-24(16)17/h11,13-14,25H,3-10,12H2,1-2H3. The molecule has 1 aliphatic carbocycles. The zero-order valence-electron chi connectivity index (χ0n) is 15.2. The largest absolute Gasteiger partial charge is 0.389 e. The van der Waals surface area contributed by atoms with Gasteiger partial charge in [0.15, 0.2) is 0 Å². The third-order valence-corrected chi connectivity index (χ3v) is 5.78. The number of hydrogen-bond donors (Lipinski definition) is 1. The minimum atomic E-state index is -0.485. The molecule has 1 saturated heterocycles. The van der Waals surface area contributed by atoms with E-state index in [1.54, 1.807) is 6.33 Å². The van der Waals surface area contributed by atoms with E-state index < -0.39 is 5.60 Å². The maximum atomic E-state index is 10.9. The first kappa shape index (κ1) is 16.7. The Bertz CT molecular complexity index is 728. The van der Waals surface area contributed by atoms with Gasteiger partial charge in [-0.05, 0) is 38.5 Å². The molecule has 0 radical (unpaired) electrons. The predicted molar refractivity (Wildman–Crippen MR) is 96.8 cm³/mol. The van der Waals surface area contributed by atoms with E-state index in [2.05, 4.69) is 37.9 Å². The third kappa shape index (κ3) is 3.48. The fourth-order valence-electron chi connectivity index (χ4n) is 4.15. The van der Waals surface area contributed by atoms with Gasteiger partial charge in [-0.1, -0.05) is 6.92 Å². The van der Waals surface area contributed by atoms with E-state index in [1.165, 1.54) is 0 Å². The topological polar surface area (TPSA) is 69.8 Å². The summed E-state index contributed by atoms with van der Waals surface area (Å²) in [5.74, 6) is 2.48. The highest BCUT2D eigenvalue weighted by atomic mass is 16.3. The van der Waals surface area contributed by atoms with Gasteiger partial charge in [0, 0.05) is 44.5 Å². The molecule has 0 unspecified atom stereocenters. The highest BCUT2D eigenvalue weighted by Gasteiger charge is 2.34. The van der Waals surface area contributed by atoms with Crippen molar-refractivity contribution in [2.24, 2.45) is 5.92 Å². The van der Waals surface area contributed by atoms with Gasteiger partial charge in [-0.3, -0.25) is 4.90 Å². The summed E-state index contributed by atoms with van der Waals surface area (Å²) in [6.45, 7) is 8.90. The molecule has 1 N–H and O–H groups in total. The van der Waals surface area contributed by atoms with Crippen LogP contribution in [0.5, 0.6) is 0 Å². The second-order valence-electron chi connectivity index (χ2n) is 7.90. The van der Waals surface area contributed by atoms with E-state index in [-0.39, 0.29) is 0 Å². The van der Waals surface area contributed by atoms with Gasteiger partial charge in [0.1, 0.15) is 12.1 Å². The van der Waals surface area contributed by atoms with E-state index in [1.807, 2.05) is 11.4 Å². The Hall–Kier alpha value is -1.73. The molecule has 25 heavy (non-hydrogen) atoms. The van der Waals surface area contributed by atoms with Crippen LogP contribution in [0.25, 0.3) is 5.78 Å². The second kappa shape index (κ2) is 6.53. The average Bonchev–Trinajstić information content (AvgIpc) is 3.06. The lowest BCUT2D eigenvalue weighted by molar-refractivity contribution is -0.0359. The van der Waals surface area contributed by atoms with Crippen LogP contribution in [0.3, 0.4) is 0 Å². The van der Waals surface area contributed by atoms with Crippen LogP contribution in [0.1, 0.15) is 38.3 Å². The van der Waals surface area contributed by atoms with Gasteiger partial charge in [0.05, 0.1) is 5.60 Å². The molecule has 1 aliphatic heterocycles. The second-order valence-corrected chi connectivity index (χ2v) is 7.90. The molecule has 7 nitrogen and oxygen atoms in total. The molecule has 2 aromatic rings. The van der Waals surface area contributed by atoms with Crippen LogP contribution in [0.2, 0.25) is 0 Å². The molecule has 2 aliphatic rings. The van der Waals surface area contributed by atoms with Gasteiger partial charge in [0.2, 0.25) is 0 Å². The van der Waals surface area contributed by atoms with Gasteiger partial charge in [0.25, 0.3) is 5.78 Å². The zero-order valence-corrected chi connectivity index (χ0v) is 15.2. The first-order valence-electron chi connectivity index (χ1n) is 9.39.